The van der Waals surface area contributed by atoms with Crippen LogP contribution in [0.1, 0.15) is 33.6 Å². The van der Waals surface area contributed by atoms with Crippen LogP contribution in [-0.2, 0) is 4.74 Å². The predicted octanol–water partition coefficient (Wildman–Crippen LogP) is 4.06. The Labute approximate surface area is 236 Å². The fraction of sp³-hybridized carbons (Fsp3) is 0.333. The van der Waals surface area contributed by atoms with Crippen molar-refractivity contribution in [1.82, 2.24) is 10.3 Å². The third kappa shape index (κ3) is 4.87. The second-order valence-corrected chi connectivity index (χ2v) is 10.6. The molecular weight excluding hydrogens is 560 g/mol. The van der Waals surface area contributed by atoms with Gasteiger partial charge in [-0.2, -0.15) is 5.26 Å². The number of rotatable bonds is 8. The van der Waals surface area contributed by atoms with Gasteiger partial charge in [-0.25, -0.2) is 4.98 Å². The Balaban J connectivity index is 1.34. The van der Waals surface area contributed by atoms with Crippen molar-refractivity contribution >= 4 is 44.2 Å². The van der Waals surface area contributed by atoms with Crippen molar-refractivity contribution in [2.45, 2.75) is 31.2 Å². The molecule has 11 nitrogen and oxygen atoms in total. The highest BCUT2D eigenvalue weighted by Gasteiger charge is 2.45. The average molecular weight is 584 g/mol. The quantitative estimate of drug-likeness (QED) is 0.377. The van der Waals surface area contributed by atoms with Crippen molar-refractivity contribution in [3.63, 3.8) is 0 Å². The Morgan fingerprint density at radius 3 is 2.66 bits per heavy atom. The smallest absolute Gasteiger partial charge is 0.496 e. The van der Waals surface area contributed by atoms with E-state index < -0.39 is 18.1 Å². The lowest BCUT2D eigenvalue weighted by atomic mass is 9.92. The summed E-state index contributed by atoms with van der Waals surface area (Å²) < 4.78 is 48.3. The number of thiazole rings is 1. The monoisotopic (exact) mass is 583 g/mol. The number of carbonyl (C=O) groups excluding carboxylic acids is 2. The van der Waals surface area contributed by atoms with Crippen LogP contribution in [0, 0.1) is 11.3 Å². The van der Waals surface area contributed by atoms with E-state index in [1.165, 1.54) is 18.4 Å². The highest BCUT2D eigenvalue weighted by atomic mass is 32.1. The van der Waals surface area contributed by atoms with Crippen molar-refractivity contribution in [3.05, 3.63) is 47.5 Å². The normalized spacial score (nSPS) is 19.7. The minimum Gasteiger partial charge on any atom is -0.496 e. The molecule has 2 aromatic carbocycles. The molecule has 3 aliphatic heterocycles. The van der Waals surface area contributed by atoms with Crippen LogP contribution >= 0.6 is 11.3 Å². The number of benzene rings is 2. The molecule has 0 aliphatic carbocycles. The summed E-state index contributed by atoms with van der Waals surface area (Å²) in [5.41, 5.74) is 0.774. The molecule has 2 saturated heterocycles. The lowest BCUT2D eigenvalue weighted by Crippen LogP contribution is -2.64. The lowest BCUT2D eigenvalue weighted by Gasteiger charge is -2.52. The molecule has 6 rings (SSSR count). The molecule has 2 N–H and O–H groups in total. The van der Waals surface area contributed by atoms with E-state index in [1.807, 2.05) is 6.07 Å². The van der Waals surface area contributed by atoms with Crippen molar-refractivity contribution < 1.29 is 37.3 Å². The van der Waals surface area contributed by atoms with Crippen molar-refractivity contribution in [1.29, 1.82) is 5.26 Å². The Bertz CT molecular complexity index is 1620. The third-order valence-electron chi connectivity index (χ3n) is 7.03. The van der Waals surface area contributed by atoms with Crippen LogP contribution in [0.25, 0.3) is 10.2 Å². The van der Waals surface area contributed by atoms with Gasteiger partial charge in [-0.1, -0.05) is 17.9 Å². The second kappa shape index (κ2) is 10.2. The largest absolute Gasteiger partial charge is 0.586 e. The second-order valence-electron chi connectivity index (χ2n) is 9.66. The lowest BCUT2D eigenvalue weighted by molar-refractivity contribution is -0.286. The molecule has 2 fully saturated rings. The number of nitriles is 1. The van der Waals surface area contributed by atoms with E-state index in [0.717, 1.165) is 23.7 Å². The van der Waals surface area contributed by atoms with Crippen LogP contribution in [-0.4, -0.2) is 62.0 Å². The zero-order valence-electron chi connectivity index (χ0n) is 21.7. The zero-order valence-corrected chi connectivity index (χ0v) is 22.5. The topological polar surface area (TPSA) is 135 Å². The standard InChI is InChI=1S/C27H23F2N5O6S/c1-13(10-30)5-6-31-24(35)16-8-20-21(40-27(28,29)39-20)9-18(16)32-25(36)22-19(37-2)4-3-17-23(22)41-26(33-17)34-14-7-15(34)12-38-11-14/h3-4,8-9,14-15H,1,5-7,11-12H2,2H3,(H,31,35)(H,32,36). The molecule has 14 heteroatoms. The van der Waals surface area contributed by atoms with Gasteiger partial charge in [0.1, 0.15) is 11.3 Å². The molecule has 2 bridgehead atoms. The number of anilines is 2. The van der Waals surface area contributed by atoms with E-state index in [1.54, 1.807) is 12.1 Å². The Morgan fingerprint density at radius 1 is 1.24 bits per heavy atom. The summed E-state index contributed by atoms with van der Waals surface area (Å²) in [4.78, 5) is 33.8. The molecule has 2 amide bonds. The van der Waals surface area contributed by atoms with Gasteiger partial charge in [-0.3, -0.25) is 9.59 Å². The molecule has 41 heavy (non-hydrogen) atoms. The van der Waals surface area contributed by atoms with Crippen molar-refractivity contribution in [2.24, 2.45) is 0 Å². The number of carbonyl (C=O) groups is 2. The van der Waals surface area contributed by atoms with Crippen LogP contribution in [0.15, 0.2) is 36.4 Å². The summed E-state index contributed by atoms with van der Waals surface area (Å²) in [6.07, 6.45) is -2.73. The summed E-state index contributed by atoms with van der Waals surface area (Å²) >= 11 is 1.34. The van der Waals surface area contributed by atoms with Gasteiger partial charge in [-0.15, -0.1) is 8.78 Å². The van der Waals surface area contributed by atoms with Gasteiger partial charge in [0.15, 0.2) is 16.6 Å². The number of hydrogen-bond acceptors (Lipinski definition) is 10. The molecule has 0 radical (unpaired) electrons. The van der Waals surface area contributed by atoms with Crippen molar-refractivity contribution in [3.8, 4) is 23.3 Å². The van der Waals surface area contributed by atoms with Gasteiger partial charge < -0.3 is 34.5 Å². The fourth-order valence-corrected chi connectivity index (χ4v) is 6.30. The van der Waals surface area contributed by atoms with E-state index in [-0.39, 0.29) is 64.7 Å². The molecule has 0 spiro atoms. The Morgan fingerprint density at radius 2 is 1.98 bits per heavy atom. The van der Waals surface area contributed by atoms with E-state index in [2.05, 4.69) is 31.6 Å². The first-order valence-electron chi connectivity index (χ1n) is 12.6. The Kier molecular flexibility index (Phi) is 6.63. The third-order valence-corrected chi connectivity index (χ3v) is 8.13. The van der Waals surface area contributed by atoms with Crippen LogP contribution in [0.3, 0.4) is 0 Å². The van der Waals surface area contributed by atoms with E-state index >= 15 is 0 Å². The number of fused-ring (bicyclic) bond motifs is 4. The minimum atomic E-state index is -3.93. The maximum Gasteiger partial charge on any atom is 0.586 e. The first-order chi connectivity index (χ1) is 19.7. The van der Waals surface area contributed by atoms with Gasteiger partial charge in [0.25, 0.3) is 11.8 Å². The molecule has 2 unspecified atom stereocenters. The zero-order chi connectivity index (χ0) is 28.9. The van der Waals surface area contributed by atoms with Gasteiger partial charge >= 0.3 is 6.29 Å². The van der Waals surface area contributed by atoms with Gasteiger partial charge in [0, 0.05) is 18.2 Å². The van der Waals surface area contributed by atoms with Crippen LogP contribution in [0.4, 0.5) is 19.6 Å². The molecule has 2 atom stereocenters. The number of alkyl halides is 2. The highest BCUT2D eigenvalue weighted by Crippen LogP contribution is 2.45. The number of aromatic nitrogens is 1. The summed E-state index contributed by atoms with van der Waals surface area (Å²) in [6.45, 7) is 4.85. The predicted molar refractivity (Wildman–Crippen MR) is 144 cm³/mol. The van der Waals surface area contributed by atoms with Crippen LogP contribution in [0.2, 0.25) is 0 Å². The molecule has 212 valence electrons. The average Bonchev–Trinajstić information content (AvgIpc) is 3.50. The first kappa shape index (κ1) is 26.7. The molecule has 3 aromatic rings. The fourth-order valence-electron chi connectivity index (χ4n) is 5.06. The number of hydrogen-bond donors (Lipinski definition) is 2. The molecule has 3 aliphatic rings. The minimum absolute atomic E-state index is 0.0590. The maximum atomic E-state index is 13.8. The summed E-state index contributed by atoms with van der Waals surface area (Å²) in [7, 11) is 1.42. The number of nitrogens with zero attached hydrogens (tertiary/aromatic N) is 3. The molecule has 4 heterocycles. The number of halogens is 2. The number of ether oxygens (including phenoxy) is 4. The molecule has 1 aromatic heterocycles. The van der Waals surface area contributed by atoms with Gasteiger partial charge in [-0.05, 0) is 31.0 Å². The number of methoxy groups -OCH3 is 1. The van der Waals surface area contributed by atoms with Gasteiger partial charge in [0.2, 0.25) is 0 Å². The van der Waals surface area contributed by atoms with Gasteiger partial charge in [0.05, 0.1) is 59.9 Å². The summed E-state index contributed by atoms with van der Waals surface area (Å²) in [6, 6.07) is 7.88. The maximum absolute atomic E-state index is 13.8. The van der Waals surface area contributed by atoms with E-state index in [9.17, 15) is 18.4 Å². The molecular formula is C27H23F2N5O6S. The number of morpholine rings is 1. The SMILES string of the molecule is C=C(C#N)CCNC(=O)c1cc2c(cc1NC(=O)c1c(OC)ccc3nc(N4C5COCC4C5)sc13)OC(F)(F)O2. The number of nitrogens with one attached hydrogen (secondary N) is 2. The van der Waals surface area contributed by atoms with E-state index in [0.29, 0.717) is 23.4 Å². The number of amides is 2. The van der Waals surface area contributed by atoms with Crippen molar-refractivity contribution in [2.75, 3.05) is 37.1 Å². The Hall–Kier alpha value is -4.48. The summed E-state index contributed by atoms with van der Waals surface area (Å²) in [5.74, 6) is -1.78. The van der Waals surface area contributed by atoms with Crippen LogP contribution in [0.5, 0.6) is 17.2 Å². The highest BCUT2D eigenvalue weighted by molar-refractivity contribution is 7.22. The first-order valence-corrected chi connectivity index (χ1v) is 13.4. The molecule has 0 saturated carbocycles. The van der Waals surface area contributed by atoms with Crippen LogP contribution < -0.4 is 29.7 Å². The van der Waals surface area contributed by atoms with E-state index in [4.69, 9.17) is 19.7 Å². The summed E-state index contributed by atoms with van der Waals surface area (Å²) in [5, 5.41) is 14.9.